The van der Waals surface area contributed by atoms with Crippen molar-refractivity contribution >= 4 is 27.8 Å². The minimum atomic E-state index is 0.127. The Kier molecular flexibility index (Phi) is 3.90. The molecule has 0 amide bonds. The van der Waals surface area contributed by atoms with Crippen LogP contribution < -0.4 is 0 Å². The number of aliphatic imine (C=N–C) groups is 1. The van der Waals surface area contributed by atoms with E-state index in [0.29, 0.717) is 15.7 Å². The maximum atomic E-state index is 9.94. The second kappa shape index (κ2) is 5.45. The molecule has 0 saturated heterocycles. The van der Waals surface area contributed by atoms with Crippen molar-refractivity contribution in [2.75, 3.05) is 0 Å². The van der Waals surface area contributed by atoms with Crippen molar-refractivity contribution in [2.24, 2.45) is 4.99 Å². The maximum Gasteiger partial charge on any atom is 0.141 e. The minimum Gasteiger partial charge on any atom is -0.506 e. The van der Waals surface area contributed by atoms with E-state index in [1.807, 2.05) is 32.0 Å². The van der Waals surface area contributed by atoms with Crippen LogP contribution in [0.5, 0.6) is 11.5 Å². The Morgan fingerprint density at radius 1 is 1.16 bits per heavy atom. The van der Waals surface area contributed by atoms with Gasteiger partial charge in [0.15, 0.2) is 0 Å². The lowest BCUT2D eigenvalue weighted by Crippen LogP contribution is -1.86. The van der Waals surface area contributed by atoms with Crippen molar-refractivity contribution in [3.05, 3.63) is 51.5 Å². The van der Waals surface area contributed by atoms with Gasteiger partial charge in [0.25, 0.3) is 0 Å². The fraction of sp³-hybridized carbons (Fsp3) is 0.133. The summed E-state index contributed by atoms with van der Waals surface area (Å²) in [6.45, 7) is 3.81. The molecule has 0 aliphatic carbocycles. The molecule has 0 aliphatic heterocycles. The van der Waals surface area contributed by atoms with Crippen LogP contribution >= 0.6 is 15.9 Å². The topological polar surface area (TPSA) is 52.8 Å². The van der Waals surface area contributed by atoms with Crippen LogP contribution in [0.1, 0.15) is 16.7 Å². The molecule has 98 valence electrons. The van der Waals surface area contributed by atoms with Gasteiger partial charge in [-0.2, -0.15) is 0 Å². The largest absolute Gasteiger partial charge is 0.506 e. The Balaban J connectivity index is 2.44. The van der Waals surface area contributed by atoms with Gasteiger partial charge in [0.1, 0.15) is 17.2 Å². The highest BCUT2D eigenvalue weighted by Gasteiger charge is 2.06. The van der Waals surface area contributed by atoms with Gasteiger partial charge in [-0.1, -0.05) is 12.1 Å². The van der Waals surface area contributed by atoms with Crippen molar-refractivity contribution in [3.63, 3.8) is 0 Å². The molecular formula is C15H14BrNO2. The van der Waals surface area contributed by atoms with Crippen molar-refractivity contribution < 1.29 is 10.2 Å². The smallest absolute Gasteiger partial charge is 0.141 e. The number of phenols is 2. The summed E-state index contributed by atoms with van der Waals surface area (Å²) in [6, 6.07) is 8.89. The van der Waals surface area contributed by atoms with Crippen LogP contribution in [0, 0.1) is 13.8 Å². The quantitative estimate of drug-likeness (QED) is 0.814. The second-order valence-corrected chi connectivity index (χ2v) is 5.24. The Labute approximate surface area is 120 Å². The molecule has 2 aromatic rings. The van der Waals surface area contributed by atoms with Crippen LogP contribution in [-0.4, -0.2) is 16.4 Å². The number of benzene rings is 2. The Morgan fingerprint density at radius 2 is 1.89 bits per heavy atom. The van der Waals surface area contributed by atoms with E-state index < -0.39 is 0 Å². The highest BCUT2D eigenvalue weighted by atomic mass is 79.9. The van der Waals surface area contributed by atoms with E-state index in [1.54, 1.807) is 18.3 Å². The van der Waals surface area contributed by atoms with Crippen molar-refractivity contribution in [2.45, 2.75) is 13.8 Å². The first-order valence-corrected chi connectivity index (χ1v) is 6.60. The summed E-state index contributed by atoms with van der Waals surface area (Å²) in [7, 11) is 0. The third kappa shape index (κ3) is 2.96. The SMILES string of the molecule is Cc1cc(Br)c(O)c(C=Nc2c(C)cccc2O)c1. The van der Waals surface area contributed by atoms with Crippen molar-refractivity contribution in [3.8, 4) is 11.5 Å². The van der Waals surface area contributed by atoms with Crippen LogP contribution in [0.4, 0.5) is 5.69 Å². The molecule has 0 heterocycles. The molecule has 0 bridgehead atoms. The van der Waals surface area contributed by atoms with E-state index in [2.05, 4.69) is 20.9 Å². The van der Waals surface area contributed by atoms with Gasteiger partial charge in [0, 0.05) is 11.8 Å². The standard InChI is InChI=1S/C15H14BrNO2/c1-9-6-11(15(19)12(16)7-9)8-17-14-10(2)4-3-5-13(14)18/h3-8,18-19H,1-2H3. The number of aryl methyl sites for hydroxylation is 2. The predicted molar refractivity (Wildman–Crippen MR) is 80.6 cm³/mol. The van der Waals surface area contributed by atoms with Crippen LogP contribution in [-0.2, 0) is 0 Å². The first-order valence-electron chi connectivity index (χ1n) is 5.81. The molecule has 0 radical (unpaired) electrons. The average molecular weight is 320 g/mol. The highest BCUT2D eigenvalue weighted by molar-refractivity contribution is 9.10. The van der Waals surface area contributed by atoms with Gasteiger partial charge in [0.2, 0.25) is 0 Å². The van der Waals surface area contributed by atoms with Gasteiger partial charge >= 0.3 is 0 Å². The number of hydrogen-bond donors (Lipinski definition) is 2. The third-order valence-electron chi connectivity index (χ3n) is 2.79. The lowest BCUT2D eigenvalue weighted by atomic mass is 10.1. The summed E-state index contributed by atoms with van der Waals surface area (Å²) >= 11 is 3.29. The zero-order chi connectivity index (χ0) is 14.0. The summed E-state index contributed by atoms with van der Waals surface area (Å²) < 4.78 is 0.628. The minimum absolute atomic E-state index is 0.127. The molecule has 0 unspecified atom stereocenters. The average Bonchev–Trinajstić information content (AvgIpc) is 2.34. The number of halogens is 1. The second-order valence-electron chi connectivity index (χ2n) is 4.39. The Hall–Kier alpha value is -1.81. The summed E-state index contributed by atoms with van der Waals surface area (Å²) in [5.74, 6) is 0.268. The summed E-state index contributed by atoms with van der Waals surface area (Å²) in [5, 5.41) is 19.7. The summed E-state index contributed by atoms with van der Waals surface area (Å²) in [6.07, 6.45) is 1.55. The van der Waals surface area contributed by atoms with Crippen LogP contribution in [0.25, 0.3) is 0 Å². The lowest BCUT2D eigenvalue weighted by molar-refractivity contribution is 0.470. The highest BCUT2D eigenvalue weighted by Crippen LogP contribution is 2.31. The normalized spacial score (nSPS) is 11.1. The fourth-order valence-electron chi connectivity index (χ4n) is 1.81. The molecule has 2 rings (SSSR count). The first-order chi connectivity index (χ1) is 8.99. The Morgan fingerprint density at radius 3 is 2.58 bits per heavy atom. The van der Waals surface area contributed by atoms with Crippen LogP contribution in [0.15, 0.2) is 39.8 Å². The predicted octanol–water partition coefficient (Wildman–Crippen LogP) is 4.23. The van der Waals surface area contributed by atoms with E-state index in [0.717, 1.165) is 11.1 Å². The summed E-state index contributed by atoms with van der Waals surface area (Å²) in [4.78, 5) is 4.26. The van der Waals surface area contributed by atoms with Gasteiger partial charge < -0.3 is 10.2 Å². The molecule has 0 aromatic heterocycles. The monoisotopic (exact) mass is 319 g/mol. The molecule has 19 heavy (non-hydrogen) atoms. The number of rotatable bonds is 2. The molecule has 0 atom stereocenters. The summed E-state index contributed by atoms with van der Waals surface area (Å²) in [5.41, 5.74) is 3.01. The van der Waals surface area contributed by atoms with Gasteiger partial charge in [-0.3, -0.25) is 4.99 Å². The number of para-hydroxylation sites is 1. The van der Waals surface area contributed by atoms with Crippen LogP contribution in [0.3, 0.4) is 0 Å². The first kappa shape index (κ1) is 13.6. The van der Waals surface area contributed by atoms with Crippen molar-refractivity contribution in [1.29, 1.82) is 0 Å². The van der Waals surface area contributed by atoms with E-state index in [-0.39, 0.29) is 11.5 Å². The molecule has 0 saturated carbocycles. The van der Waals surface area contributed by atoms with E-state index in [9.17, 15) is 10.2 Å². The number of nitrogens with zero attached hydrogens (tertiary/aromatic N) is 1. The molecule has 3 nitrogen and oxygen atoms in total. The maximum absolute atomic E-state index is 9.94. The molecule has 4 heteroatoms. The zero-order valence-corrected chi connectivity index (χ0v) is 12.3. The van der Waals surface area contributed by atoms with Gasteiger partial charge in [-0.25, -0.2) is 0 Å². The van der Waals surface area contributed by atoms with Gasteiger partial charge in [0.05, 0.1) is 4.47 Å². The molecule has 0 aliphatic rings. The number of hydrogen-bond acceptors (Lipinski definition) is 3. The van der Waals surface area contributed by atoms with Gasteiger partial charge in [-0.15, -0.1) is 0 Å². The Bertz CT molecular complexity index is 631. The molecular weight excluding hydrogens is 306 g/mol. The molecule has 0 fully saturated rings. The fourth-order valence-corrected chi connectivity index (χ4v) is 2.40. The number of phenolic OH excluding ortho intramolecular Hbond substituents is 2. The molecule has 2 N–H and O–H groups in total. The third-order valence-corrected chi connectivity index (χ3v) is 3.39. The van der Waals surface area contributed by atoms with E-state index >= 15 is 0 Å². The van der Waals surface area contributed by atoms with Gasteiger partial charge in [-0.05, 0) is 59.1 Å². The lowest BCUT2D eigenvalue weighted by Gasteiger charge is -2.05. The zero-order valence-electron chi connectivity index (χ0n) is 10.7. The van der Waals surface area contributed by atoms with E-state index in [4.69, 9.17) is 0 Å². The van der Waals surface area contributed by atoms with Crippen LogP contribution in [0.2, 0.25) is 0 Å². The van der Waals surface area contributed by atoms with E-state index in [1.165, 1.54) is 0 Å². The number of aromatic hydroxyl groups is 2. The molecule has 2 aromatic carbocycles. The molecule has 0 spiro atoms. The van der Waals surface area contributed by atoms with Crippen molar-refractivity contribution in [1.82, 2.24) is 0 Å².